The fourth-order valence-electron chi connectivity index (χ4n) is 1.76. The fraction of sp³-hybridized carbons (Fsp3) is 0.857. The van der Waals surface area contributed by atoms with Crippen molar-refractivity contribution in [2.24, 2.45) is 0 Å². The third-order valence-electron chi connectivity index (χ3n) is 2.78. The van der Waals surface area contributed by atoms with Gasteiger partial charge in [0.05, 0.1) is 0 Å². The molecule has 1 heteroatoms. The topological polar surface area (TPSA) is 0 Å². The molecule has 0 spiro atoms. The molecule has 0 radical (unpaired) electrons. The summed E-state index contributed by atoms with van der Waals surface area (Å²) < 4.78 is 0. The van der Waals surface area contributed by atoms with Crippen molar-refractivity contribution in [3.05, 3.63) is 11.6 Å². The SMILES string of the molecule is CCCCCCCCCC(C)=CCCBr. The van der Waals surface area contributed by atoms with E-state index in [1.165, 1.54) is 57.8 Å². The normalized spacial score (nSPS) is 12.1. The molecule has 0 aliphatic heterocycles. The van der Waals surface area contributed by atoms with E-state index < -0.39 is 0 Å². The van der Waals surface area contributed by atoms with Crippen molar-refractivity contribution >= 4 is 15.9 Å². The smallest absolute Gasteiger partial charge is 0.00660 e. The lowest BCUT2D eigenvalue weighted by molar-refractivity contribution is 0.588. The summed E-state index contributed by atoms with van der Waals surface area (Å²) in [5.41, 5.74) is 1.57. The van der Waals surface area contributed by atoms with Crippen LogP contribution in [0.5, 0.6) is 0 Å². The maximum atomic E-state index is 3.45. The van der Waals surface area contributed by atoms with Crippen LogP contribution in [0.3, 0.4) is 0 Å². The van der Waals surface area contributed by atoms with Gasteiger partial charge in [0.25, 0.3) is 0 Å². The highest BCUT2D eigenvalue weighted by Gasteiger charge is 1.92. The number of rotatable bonds is 10. The van der Waals surface area contributed by atoms with Crippen LogP contribution in [0.15, 0.2) is 11.6 Å². The Kier molecular flexibility index (Phi) is 12.5. The predicted molar refractivity (Wildman–Crippen MR) is 74.8 cm³/mol. The average molecular weight is 275 g/mol. The third kappa shape index (κ3) is 12.2. The lowest BCUT2D eigenvalue weighted by Gasteiger charge is -2.02. The van der Waals surface area contributed by atoms with Gasteiger partial charge in [-0.3, -0.25) is 0 Å². The van der Waals surface area contributed by atoms with E-state index in [1.54, 1.807) is 5.57 Å². The van der Waals surface area contributed by atoms with Gasteiger partial charge in [-0.1, -0.05) is 73.0 Å². The largest absolute Gasteiger partial charge is 0.0925 e. The first-order valence-electron chi connectivity index (χ1n) is 6.52. The van der Waals surface area contributed by atoms with Crippen LogP contribution in [-0.2, 0) is 0 Å². The molecule has 0 saturated carbocycles. The number of alkyl halides is 1. The Morgan fingerprint density at radius 3 is 2.20 bits per heavy atom. The van der Waals surface area contributed by atoms with Gasteiger partial charge in [0, 0.05) is 5.33 Å². The average Bonchev–Trinajstić information content (AvgIpc) is 2.25. The first-order chi connectivity index (χ1) is 7.31. The van der Waals surface area contributed by atoms with Crippen molar-refractivity contribution in [3.63, 3.8) is 0 Å². The molecule has 0 heterocycles. The first kappa shape index (κ1) is 15.2. The van der Waals surface area contributed by atoms with Gasteiger partial charge < -0.3 is 0 Å². The zero-order valence-electron chi connectivity index (χ0n) is 10.5. The predicted octanol–water partition coefficient (Wildman–Crippen LogP) is 5.86. The maximum absolute atomic E-state index is 3.45. The minimum atomic E-state index is 1.10. The van der Waals surface area contributed by atoms with Crippen LogP contribution < -0.4 is 0 Å². The van der Waals surface area contributed by atoms with Crippen LogP contribution in [0.4, 0.5) is 0 Å². The van der Waals surface area contributed by atoms with Gasteiger partial charge in [0.2, 0.25) is 0 Å². The highest BCUT2D eigenvalue weighted by molar-refractivity contribution is 9.09. The van der Waals surface area contributed by atoms with Crippen molar-refractivity contribution < 1.29 is 0 Å². The van der Waals surface area contributed by atoms with Crippen molar-refractivity contribution in [1.82, 2.24) is 0 Å². The summed E-state index contributed by atoms with van der Waals surface area (Å²) in [6.07, 6.45) is 14.8. The summed E-state index contributed by atoms with van der Waals surface area (Å²) >= 11 is 3.45. The minimum absolute atomic E-state index is 1.10. The van der Waals surface area contributed by atoms with Gasteiger partial charge in [-0.2, -0.15) is 0 Å². The van der Waals surface area contributed by atoms with E-state index in [1.807, 2.05) is 0 Å². The second-order valence-electron chi connectivity index (χ2n) is 4.40. The van der Waals surface area contributed by atoms with Crippen molar-refractivity contribution in [3.8, 4) is 0 Å². The molecule has 0 aromatic heterocycles. The van der Waals surface area contributed by atoms with Crippen LogP contribution in [0.25, 0.3) is 0 Å². The van der Waals surface area contributed by atoms with Crippen LogP contribution in [0.1, 0.15) is 71.6 Å². The molecule has 90 valence electrons. The van der Waals surface area contributed by atoms with E-state index in [0.717, 1.165) is 5.33 Å². The molecule has 0 N–H and O–H groups in total. The molecule has 0 unspecified atom stereocenters. The first-order valence-corrected chi connectivity index (χ1v) is 7.65. The molecule has 0 aliphatic rings. The molecule has 0 nitrogen and oxygen atoms in total. The Labute approximate surface area is 105 Å². The lowest BCUT2D eigenvalue weighted by Crippen LogP contribution is -1.82. The van der Waals surface area contributed by atoms with Gasteiger partial charge in [-0.05, 0) is 26.2 Å². The van der Waals surface area contributed by atoms with E-state index in [9.17, 15) is 0 Å². The highest BCUT2D eigenvalue weighted by Crippen LogP contribution is 2.12. The second-order valence-corrected chi connectivity index (χ2v) is 5.19. The standard InChI is InChI=1S/C14H27Br/c1-3-4-5-6-7-8-9-11-14(2)12-10-13-15/h12H,3-11,13H2,1-2H3. The molecule has 0 aromatic carbocycles. The summed E-state index contributed by atoms with van der Waals surface area (Å²) in [4.78, 5) is 0. The number of hydrogen-bond donors (Lipinski definition) is 0. The molecule has 0 bridgehead atoms. The van der Waals surface area contributed by atoms with Gasteiger partial charge >= 0.3 is 0 Å². The Morgan fingerprint density at radius 2 is 1.60 bits per heavy atom. The van der Waals surface area contributed by atoms with Crippen molar-refractivity contribution in [2.75, 3.05) is 5.33 Å². The van der Waals surface area contributed by atoms with Gasteiger partial charge in [-0.15, -0.1) is 0 Å². The zero-order chi connectivity index (χ0) is 11.4. The molecule has 15 heavy (non-hydrogen) atoms. The van der Waals surface area contributed by atoms with Gasteiger partial charge in [-0.25, -0.2) is 0 Å². The molecule has 0 aromatic rings. The minimum Gasteiger partial charge on any atom is -0.0925 e. The second kappa shape index (κ2) is 12.3. The summed E-state index contributed by atoms with van der Waals surface area (Å²) in [6.45, 7) is 4.54. The summed E-state index contributed by atoms with van der Waals surface area (Å²) in [5, 5.41) is 1.10. The fourth-order valence-corrected chi connectivity index (χ4v) is 1.99. The molecular weight excluding hydrogens is 248 g/mol. The number of allylic oxidation sites excluding steroid dienone is 2. The monoisotopic (exact) mass is 274 g/mol. The van der Waals surface area contributed by atoms with Gasteiger partial charge in [0.1, 0.15) is 0 Å². The molecule has 0 rings (SSSR count). The van der Waals surface area contributed by atoms with Crippen LogP contribution in [0, 0.1) is 0 Å². The molecule has 0 aliphatic carbocycles. The van der Waals surface area contributed by atoms with E-state index in [0.29, 0.717) is 0 Å². The van der Waals surface area contributed by atoms with E-state index >= 15 is 0 Å². The number of halogens is 1. The molecule has 0 fully saturated rings. The Balaban J connectivity index is 3.16. The van der Waals surface area contributed by atoms with Crippen molar-refractivity contribution in [2.45, 2.75) is 71.6 Å². The maximum Gasteiger partial charge on any atom is 0.00660 e. The zero-order valence-corrected chi connectivity index (χ0v) is 12.1. The van der Waals surface area contributed by atoms with Crippen molar-refractivity contribution in [1.29, 1.82) is 0 Å². The Morgan fingerprint density at radius 1 is 1.00 bits per heavy atom. The summed E-state index contributed by atoms with van der Waals surface area (Å²) in [6, 6.07) is 0. The van der Waals surface area contributed by atoms with E-state index in [4.69, 9.17) is 0 Å². The Hall–Kier alpha value is 0.220. The van der Waals surface area contributed by atoms with Crippen LogP contribution in [0.2, 0.25) is 0 Å². The molecule has 0 amide bonds. The molecular formula is C14H27Br. The molecule has 0 atom stereocenters. The molecule has 0 saturated heterocycles. The number of unbranched alkanes of at least 4 members (excludes halogenated alkanes) is 6. The van der Waals surface area contributed by atoms with E-state index in [2.05, 4.69) is 35.9 Å². The third-order valence-corrected chi connectivity index (χ3v) is 3.23. The van der Waals surface area contributed by atoms with E-state index in [-0.39, 0.29) is 0 Å². The number of hydrogen-bond acceptors (Lipinski definition) is 0. The van der Waals surface area contributed by atoms with Crippen LogP contribution in [-0.4, -0.2) is 5.33 Å². The van der Waals surface area contributed by atoms with Crippen LogP contribution >= 0.6 is 15.9 Å². The quantitative estimate of drug-likeness (QED) is 0.266. The lowest BCUT2D eigenvalue weighted by atomic mass is 10.1. The summed E-state index contributed by atoms with van der Waals surface area (Å²) in [7, 11) is 0. The van der Waals surface area contributed by atoms with Gasteiger partial charge in [0.15, 0.2) is 0 Å². The summed E-state index contributed by atoms with van der Waals surface area (Å²) in [5.74, 6) is 0. The highest BCUT2D eigenvalue weighted by atomic mass is 79.9. The Bertz CT molecular complexity index is 149.